The van der Waals surface area contributed by atoms with Crippen LogP contribution in [0.25, 0.3) is 0 Å². The number of nitrogens with one attached hydrogen (secondary N) is 2. The predicted octanol–water partition coefficient (Wildman–Crippen LogP) is 1.38. The van der Waals surface area contributed by atoms with Crippen LogP contribution in [0.15, 0.2) is 23.1 Å². The Hall–Kier alpha value is -1.64. The van der Waals surface area contributed by atoms with Gasteiger partial charge >= 0.3 is 0 Å². The highest BCUT2D eigenvalue weighted by Gasteiger charge is 2.28. The molecular weight excluding hydrogens is 366 g/mol. The maximum Gasteiger partial charge on any atom is 0.253 e. The number of hydrogen-bond donors (Lipinski definition) is 2. The average molecular weight is 388 g/mol. The molecule has 7 nitrogen and oxygen atoms in total. The summed E-state index contributed by atoms with van der Waals surface area (Å²) in [6.07, 6.45) is 1.65. The molecule has 0 spiro atoms. The van der Waals surface area contributed by atoms with Crippen molar-refractivity contribution >= 4 is 33.4 Å². The lowest BCUT2D eigenvalue weighted by Gasteiger charge is -2.16. The molecule has 138 valence electrons. The first-order chi connectivity index (χ1) is 11.7. The number of rotatable bonds is 6. The SMILES string of the molecule is CC(C)NC(=O)CNC(=O)c1cc(S(=O)(=O)N2CCCC2)ccc1Cl. The molecule has 0 aromatic heterocycles. The fourth-order valence-corrected chi connectivity index (χ4v) is 4.29. The Morgan fingerprint density at radius 2 is 1.88 bits per heavy atom. The number of carbonyl (C=O) groups is 2. The Morgan fingerprint density at radius 1 is 1.24 bits per heavy atom. The van der Waals surface area contributed by atoms with Crippen LogP contribution in [0.3, 0.4) is 0 Å². The predicted molar refractivity (Wildman–Crippen MR) is 95.1 cm³/mol. The third-order valence-electron chi connectivity index (χ3n) is 3.74. The lowest BCUT2D eigenvalue weighted by Crippen LogP contribution is -2.39. The number of amides is 2. The van der Waals surface area contributed by atoms with Gasteiger partial charge in [0.2, 0.25) is 15.9 Å². The van der Waals surface area contributed by atoms with E-state index in [0.717, 1.165) is 12.8 Å². The molecule has 1 fully saturated rings. The van der Waals surface area contributed by atoms with E-state index in [0.29, 0.717) is 13.1 Å². The van der Waals surface area contributed by atoms with Crippen LogP contribution in [0.2, 0.25) is 5.02 Å². The van der Waals surface area contributed by atoms with Gasteiger partial charge in [0.05, 0.1) is 22.0 Å². The molecule has 2 amide bonds. The lowest BCUT2D eigenvalue weighted by atomic mass is 10.2. The molecule has 0 radical (unpaired) electrons. The Bertz CT molecular complexity index is 759. The van der Waals surface area contributed by atoms with E-state index >= 15 is 0 Å². The molecule has 1 heterocycles. The molecule has 2 rings (SSSR count). The highest BCUT2D eigenvalue weighted by Crippen LogP contribution is 2.25. The topological polar surface area (TPSA) is 95.6 Å². The molecule has 1 aromatic rings. The fraction of sp³-hybridized carbons (Fsp3) is 0.500. The minimum atomic E-state index is -3.64. The van der Waals surface area contributed by atoms with Gasteiger partial charge in [-0.2, -0.15) is 4.31 Å². The number of carbonyl (C=O) groups excluding carboxylic acids is 2. The van der Waals surface area contributed by atoms with Crippen LogP contribution in [0, 0.1) is 0 Å². The first-order valence-corrected chi connectivity index (χ1v) is 9.91. The smallest absolute Gasteiger partial charge is 0.253 e. The first kappa shape index (κ1) is 19.7. The molecule has 1 aromatic carbocycles. The summed E-state index contributed by atoms with van der Waals surface area (Å²) in [5.74, 6) is -0.928. The maximum atomic E-state index is 12.6. The minimum absolute atomic E-state index is 0.0237. The number of nitrogens with zero attached hydrogens (tertiary/aromatic N) is 1. The molecular formula is C16H22ClN3O4S. The minimum Gasteiger partial charge on any atom is -0.352 e. The van der Waals surface area contributed by atoms with Crippen molar-refractivity contribution in [2.75, 3.05) is 19.6 Å². The third kappa shape index (κ3) is 4.93. The highest BCUT2D eigenvalue weighted by molar-refractivity contribution is 7.89. The Labute approximate surface area is 152 Å². The standard InChI is InChI=1S/C16H22ClN3O4S/c1-11(2)19-15(21)10-18-16(22)13-9-12(5-6-14(13)17)25(23,24)20-7-3-4-8-20/h5-6,9,11H,3-4,7-8,10H2,1-2H3,(H,18,22)(H,19,21). The van der Waals surface area contributed by atoms with Crippen LogP contribution < -0.4 is 10.6 Å². The quantitative estimate of drug-likeness (QED) is 0.770. The van der Waals surface area contributed by atoms with Crippen molar-refractivity contribution in [3.8, 4) is 0 Å². The molecule has 0 atom stereocenters. The van der Waals surface area contributed by atoms with Crippen molar-refractivity contribution in [3.63, 3.8) is 0 Å². The van der Waals surface area contributed by atoms with E-state index in [-0.39, 0.29) is 34.0 Å². The van der Waals surface area contributed by atoms with Crippen molar-refractivity contribution in [2.45, 2.75) is 37.6 Å². The van der Waals surface area contributed by atoms with Crippen molar-refractivity contribution in [3.05, 3.63) is 28.8 Å². The van der Waals surface area contributed by atoms with E-state index < -0.39 is 15.9 Å². The summed E-state index contributed by atoms with van der Waals surface area (Å²) in [7, 11) is -3.64. The Kier molecular flexibility index (Phi) is 6.42. The van der Waals surface area contributed by atoms with Crippen molar-refractivity contribution in [1.29, 1.82) is 0 Å². The Morgan fingerprint density at radius 3 is 2.48 bits per heavy atom. The van der Waals surface area contributed by atoms with E-state index in [4.69, 9.17) is 11.6 Å². The molecule has 9 heteroatoms. The van der Waals surface area contributed by atoms with Gasteiger partial charge in [0.15, 0.2) is 0 Å². The van der Waals surface area contributed by atoms with Gasteiger partial charge in [-0.05, 0) is 44.9 Å². The number of benzene rings is 1. The zero-order chi connectivity index (χ0) is 18.6. The molecule has 25 heavy (non-hydrogen) atoms. The summed E-state index contributed by atoms with van der Waals surface area (Å²) >= 11 is 6.03. The monoisotopic (exact) mass is 387 g/mol. The highest BCUT2D eigenvalue weighted by atomic mass is 35.5. The van der Waals surface area contributed by atoms with Crippen LogP contribution in [-0.4, -0.2) is 50.2 Å². The van der Waals surface area contributed by atoms with Gasteiger partial charge in [-0.1, -0.05) is 11.6 Å². The van der Waals surface area contributed by atoms with Crippen LogP contribution in [-0.2, 0) is 14.8 Å². The maximum absolute atomic E-state index is 12.6. The molecule has 0 saturated carbocycles. The summed E-state index contributed by atoms with van der Waals surface area (Å²) in [6.45, 7) is 4.35. The van der Waals surface area contributed by atoms with Crippen LogP contribution in [0.5, 0.6) is 0 Å². The van der Waals surface area contributed by atoms with Gasteiger partial charge in [0, 0.05) is 19.1 Å². The van der Waals surface area contributed by atoms with Gasteiger partial charge < -0.3 is 10.6 Å². The van der Waals surface area contributed by atoms with Crippen molar-refractivity contribution in [2.24, 2.45) is 0 Å². The number of hydrogen-bond acceptors (Lipinski definition) is 4. The van der Waals surface area contributed by atoms with Crippen LogP contribution in [0.4, 0.5) is 0 Å². The molecule has 1 saturated heterocycles. The van der Waals surface area contributed by atoms with Gasteiger partial charge in [-0.25, -0.2) is 8.42 Å². The van der Waals surface area contributed by atoms with Gasteiger partial charge in [-0.15, -0.1) is 0 Å². The fourth-order valence-electron chi connectivity index (χ4n) is 2.55. The van der Waals surface area contributed by atoms with E-state index in [1.54, 1.807) is 0 Å². The van der Waals surface area contributed by atoms with Gasteiger partial charge in [0.25, 0.3) is 5.91 Å². The zero-order valence-electron chi connectivity index (χ0n) is 14.2. The Balaban J connectivity index is 2.15. The largest absolute Gasteiger partial charge is 0.352 e. The molecule has 1 aliphatic rings. The third-order valence-corrected chi connectivity index (χ3v) is 5.97. The zero-order valence-corrected chi connectivity index (χ0v) is 15.8. The van der Waals surface area contributed by atoms with Crippen molar-refractivity contribution < 1.29 is 18.0 Å². The summed E-state index contributed by atoms with van der Waals surface area (Å²) in [5, 5.41) is 5.22. The molecule has 0 unspecified atom stereocenters. The summed E-state index contributed by atoms with van der Waals surface area (Å²) < 4.78 is 26.6. The van der Waals surface area contributed by atoms with Gasteiger partial charge in [-0.3, -0.25) is 9.59 Å². The first-order valence-electron chi connectivity index (χ1n) is 8.09. The second-order valence-corrected chi connectivity index (χ2v) is 8.50. The van der Waals surface area contributed by atoms with E-state index in [1.165, 1.54) is 22.5 Å². The second kappa shape index (κ2) is 8.16. The van der Waals surface area contributed by atoms with E-state index in [1.807, 2.05) is 13.8 Å². The normalized spacial score (nSPS) is 15.4. The summed E-state index contributed by atoms with van der Waals surface area (Å²) in [4.78, 5) is 23.9. The second-order valence-electron chi connectivity index (χ2n) is 6.16. The van der Waals surface area contributed by atoms with Crippen LogP contribution in [0.1, 0.15) is 37.0 Å². The summed E-state index contributed by atoms with van der Waals surface area (Å²) in [6, 6.07) is 3.99. The van der Waals surface area contributed by atoms with E-state index in [2.05, 4.69) is 10.6 Å². The average Bonchev–Trinajstić information content (AvgIpc) is 3.07. The van der Waals surface area contributed by atoms with Crippen molar-refractivity contribution in [1.82, 2.24) is 14.9 Å². The number of halogens is 1. The molecule has 0 aliphatic carbocycles. The van der Waals surface area contributed by atoms with Gasteiger partial charge in [0.1, 0.15) is 0 Å². The molecule has 0 bridgehead atoms. The molecule has 1 aliphatic heterocycles. The summed E-state index contributed by atoms with van der Waals surface area (Å²) in [5.41, 5.74) is 0.0271. The van der Waals surface area contributed by atoms with Crippen LogP contribution >= 0.6 is 11.6 Å². The molecule has 2 N–H and O–H groups in total. The number of sulfonamides is 1. The lowest BCUT2D eigenvalue weighted by molar-refractivity contribution is -0.120. The van der Waals surface area contributed by atoms with E-state index in [9.17, 15) is 18.0 Å².